The lowest BCUT2D eigenvalue weighted by atomic mass is 10.1. The summed E-state index contributed by atoms with van der Waals surface area (Å²) in [6.07, 6.45) is 3.84. The van der Waals surface area contributed by atoms with Crippen LogP contribution < -0.4 is 4.74 Å². The first-order valence-electron chi connectivity index (χ1n) is 9.84. The SMILES string of the molecule is O=C(O)Cn1c(-c2ccccc2OCCN2CCCCC2)nc2ccccc21. The minimum atomic E-state index is -0.895. The smallest absolute Gasteiger partial charge is 0.323 e. The summed E-state index contributed by atoms with van der Waals surface area (Å²) < 4.78 is 7.85. The third kappa shape index (κ3) is 4.02. The minimum absolute atomic E-state index is 0.141. The number of ether oxygens (including phenoxy) is 1. The molecular weight excluding hydrogens is 354 g/mol. The van der Waals surface area contributed by atoms with Gasteiger partial charge >= 0.3 is 5.97 Å². The maximum atomic E-state index is 11.4. The van der Waals surface area contributed by atoms with Gasteiger partial charge in [0.05, 0.1) is 16.6 Å². The molecule has 0 saturated carbocycles. The van der Waals surface area contributed by atoms with Crippen LogP contribution in [-0.4, -0.2) is 51.8 Å². The Morgan fingerprint density at radius 2 is 1.79 bits per heavy atom. The molecule has 6 nitrogen and oxygen atoms in total. The van der Waals surface area contributed by atoms with Crippen LogP contribution in [0, 0.1) is 0 Å². The topological polar surface area (TPSA) is 67.6 Å². The van der Waals surface area contributed by atoms with Gasteiger partial charge in [0.15, 0.2) is 0 Å². The van der Waals surface area contributed by atoms with Crippen LogP contribution >= 0.6 is 0 Å². The number of carboxylic acid groups (broad SMARTS) is 1. The molecule has 0 atom stereocenters. The summed E-state index contributed by atoms with van der Waals surface area (Å²) in [5.74, 6) is 0.464. The summed E-state index contributed by atoms with van der Waals surface area (Å²) in [6, 6.07) is 15.3. The largest absolute Gasteiger partial charge is 0.491 e. The lowest BCUT2D eigenvalue weighted by Gasteiger charge is -2.26. The molecule has 6 heteroatoms. The number of para-hydroxylation sites is 3. The number of carboxylic acids is 1. The lowest BCUT2D eigenvalue weighted by Crippen LogP contribution is -2.33. The summed E-state index contributed by atoms with van der Waals surface area (Å²) in [5, 5.41) is 9.39. The predicted molar refractivity (Wildman–Crippen MR) is 109 cm³/mol. The summed E-state index contributed by atoms with van der Waals surface area (Å²) in [7, 11) is 0. The fraction of sp³-hybridized carbons (Fsp3) is 0.364. The Morgan fingerprint density at radius 1 is 1.04 bits per heavy atom. The maximum Gasteiger partial charge on any atom is 0.323 e. The van der Waals surface area contributed by atoms with E-state index < -0.39 is 5.97 Å². The van der Waals surface area contributed by atoms with Gasteiger partial charge in [-0.1, -0.05) is 30.7 Å². The second-order valence-corrected chi connectivity index (χ2v) is 7.15. The van der Waals surface area contributed by atoms with Crippen molar-refractivity contribution in [3.05, 3.63) is 48.5 Å². The summed E-state index contributed by atoms with van der Waals surface area (Å²) in [5.41, 5.74) is 2.41. The number of nitrogens with zero attached hydrogens (tertiary/aromatic N) is 3. The van der Waals surface area contributed by atoms with Crippen LogP contribution in [0.15, 0.2) is 48.5 Å². The molecule has 1 fully saturated rings. The summed E-state index contributed by atoms with van der Waals surface area (Å²) in [4.78, 5) is 18.6. The Morgan fingerprint density at radius 3 is 2.61 bits per heavy atom. The van der Waals surface area contributed by atoms with E-state index in [1.54, 1.807) is 4.57 Å². The number of imidazole rings is 1. The molecular formula is C22H25N3O3. The molecule has 2 heterocycles. The molecule has 0 unspecified atom stereocenters. The standard InChI is InChI=1S/C22H25N3O3/c26-21(27)16-25-19-10-4-3-9-18(19)23-22(25)17-8-2-5-11-20(17)28-15-14-24-12-6-1-7-13-24/h2-5,8-11H,1,6-7,12-16H2,(H,26,27). The van der Waals surface area contributed by atoms with Crippen molar-refractivity contribution in [3.8, 4) is 17.1 Å². The molecule has 2 aromatic carbocycles. The zero-order chi connectivity index (χ0) is 19.3. The van der Waals surface area contributed by atoms with Gasteiger partial charge in [-0.05, 0) is 50.2 Å². The fourth-order valence-electron chi connectivity index (χ4n) is 3.82. The van der Waals surface area contributed by atoms with Gasteiger partial charge < -0.3 is 14.4 Å². The molecule has 1 aliphatic heterocycles. The van der Waals surface area contributed by atoms with E-state index in [2.05, 4.69) is 4.90 Å². The Bertz CT molecular complexity index is 961. The molecule has 0 radical (unpaired) electrons. The first-order valence-corrected chi connectivity index (χ1v) is 9.84. The Hall–Kier alpha value is -2.86. The second-order valence-electron chi connectivity index (χ2n) is 7.15. The highest BCUT2D eigenvalue weighted by atomic mass is 16.5. The van der Waals surface area contributed by atoms with E-state index in [1.165, 1.54) is 19.3 Å². The highest BCUT2D eigenvalue weighted by Crippen LogP contribution is 2.32. The highest BCUT2D eigenvalue weighted by Gasteiger charge is 2.18. The second kappa shape index (κ2) is 8.44. The van der Waals surface area contributed by atoms with E-state index in [-0.39, 0.29) is 6.54 Å². The van der Waals surface area contributed by atoms with Crippen molar-refractivity contribution in [1.82, 2.24) is 14.5 Å². The van der Waals surface area contributed by atoms with Gasteiger partial charge in [0.1, 0.15) is 24.7 Å². The molecule has 0 aliphatic carbocycles. The first-order chi connectivity index (χ1) is 13.7. The average Bonchev–Trinajstić information content (AvgIpc) is 3.07. The maximum absolute atomic E-state index is 11.4. The van der Waals surface area contributed by atoms with Crippen molar-refractivity contribution < 1.29 is 14.6 Å². The molecule has 1 aliphatic rings. The highest BCUT2D eigenvalue weighted by molar-refractivity contribution is 5.83. The molecule has 3 aromatic rings. The molecule has 146 valence electrons. The number of aromatic nitrogens is 2. The quantitative estimate of drug-likeness (QED) is 0.679. The summed E-state index contributed by atoms with van der Waals surface area (Å²) in [6.45, 7) is 3.65. The van der Waals surface area contributed by atoms with Gasteiger partial charge in [-0.2, -0.15) is 0 Å². The van der Waals surface area contributed by atoms with Crippen LogP contribution in [-0.2, 0) is 11.3 Å². The average molecular weight is 379 g/mol. The van der Waals surface area contributed by atoms with Crippen LogP contribution in [0.25, 0.3) is 22.4 Å². The van der Waals surface area contributed by atoms with Gasteiger partial charge in [-0.25, -0.2) is 4.98 Å². The van der Waals surface area contributed by atoms with E-state index in [4.69, 9.17) is 9.72 Å². The van der Waals surface area contributed by atoms with Gasteiger partial charge in [0.25, 0.3) is 0 Å². The van der Waals surface area contributed by atoms with Crippen molar-refractivity contribution in [3.63, 3.8) is 0 Å². The molecule has 0 bridgehead atoms. The first kappa shape index (κ1) is 18.5. The fourth-order valence-corrected chi connectivity index (χ4v) is 3.82. The number of hydrogen-bond acceptors (Lipinski definition) is 4. The zero-order valence-corrected chi connectivity index (χ0v) is 15.9. The zero-order valence-electron chi connectivity index (χ0n) is 15.9. The van der Waals surface area contributed by atoms with Crippen molar-refractivity contribution in [2.24, 2.45) is 0 Å². The van der Waals surface area contributed by atoms with Crippen LogP contribution in [0.3, 0.4) is 0 Å². The van der Waals surface area contributed by atoms with Gasteiger partial charge in [-0.3, -0.25) is 9.69 Å². The third-order valence-corrected chi connectivity index (χ3v) is 5.19. The number of likely N-dealkylation sites (tertiary alicyclic amines) is 1. The molecule has 0 amide bonds. The molecule has 4 rings (SSSR count). The number of hydrogen-bond donors (Lipinski definition) is 1. The number of carbonyl (C=O) groups is 1. The van der Waals surface area contributed by atoms with Crippen molar-refractivity contribution >= 4 is 17.0 Å². The number of benzene rings is 2. The molecule has 1 aromatic heterocycles. The monoisotopic (exact) mass is 379 g/mol. The number of piperidine rings is 1. The minimum Gasteiger partial charge on any atom is -0.491 e. The predicted octanol–water partition coefficient (Wildman–Crippen LogP) is 3.65. The third-order valence-electron chi connectivity index (χ3n) is 5.19. The normalized spacial score (nSPS) is 15.0. The number of rotatable bonds is 7. The Kier molecular flexibility index (Phi) is 5.58. The van der Waals surface area contributed by atoms with Crippen molar-refractivity contribution in [2.45, 2.75) is 25.8 Å². The van der Waals surface area contributed by atoms with Crippen LogP contribution in [0.4, 0.5) is 0 Å². The van der Waals surface area contributed by atoms with Crippen molar-refractivity contribution in [2.75, 3.05) is 26.2 Å². The van der Waals surface area contributed by atoms with Crippen molar-refractivity contribution in [1.29, 1.82) is 0 Å². The van der Waals surface area contributed by atoms with E-state index in [9.17, 15) is 9.90 Å². The molecule has 0 spiro atoms. The number of aliphatic carboxylic acids is 1. The lowest BCUT2D eigenvalue weighted by molar-refractivity contribution is -0.137. The number of fused-ring (bicyclic) bond motifs is 1. The van der Waals surface area contributed by atoms with Gasteiger partial charge in [-0.15, -0.1) is 0 Å². The van der Waals surface area contributed by atoms with E-state index in [0.717, 1.165) is 42.0 Å². The van der Waals surface area contributed by atoms with Crippen LogP contribution in [0.1, 0.15) is 19.3 Å². The van der Waals surface area contributed by atoms with Gasteiger partial charge in [0.2, 0.25) is 0 Å². The molecule has 1 saturated heterocycles. The van der Waals surface area contributed by atoms with E-state index in [1.807, 2.05) is 48.5 Å². The Labute approximate surface area is 164 Å². The van der Waals surface area contributed by atoms with E-state index in [0.29, 0.717) is 12.4 Å². The van der Waals surface area contributed by atoms with Gasteiger partial charge in [0, 0.05) is 6.54 Å². The van der Waals surface area contributed by atoms with Crippen LogP contribution in [0.5, 0.6) is 5.75 Å². The summed E-state index contributed by atoms with van der Waals surface area (Å²) >= 11 is 0. The molecule has 1 N–H and O–H groups in total. The molecule has 28 heavy (non-hydrogen) atoms. The Balaban J connectivity index is 1.61. The van der Waals surface area contributed by atoms with E-state index >= 15 is 0 Å². The van der Waals surface area contributed by atoms with Crippen LogP contribution in [0.2, 0.25) is 0 Å².